The highest BCUT2D eigenvalue weighted by Gasteiger charge is 2.28. The van der Waals surface area contributed by atoms with Crippen LogP contribution in [-0.4, -0.2) is 29.2 Å². The first-order valence-corrected chi connectivity index (χ1v) is 4.46. The number of hydrogen-bond acceptors (Lipinski definition) is 2. The van der Waals surface area contributed by atoms with Crippen LogP contribution >= 0.6 is 0 Å². The van der Waals surface area contributed by atoms with Crippen molar-refractivity contribution in [2.24, 2.45) is 0 Å². The Kier molecular flexibility index (Phi) is 2.84. The molecule has 0 aromatic carbocycles. The van der Waals surface area contributed by atoms with Crippen LogP contribution in [0, 0.1) is 0 Å². The normalized spacial score (nSPS) is 19.8. The van der Waals surface area contributed by atoms with Gasteiger partial charge in [-0.1, -0.05) is 6.92 Å². The summed E-state index contributed by atoms with van der Waals surface area (Å²) in [5.74, 6) is 0.241. The van der Waals surface area contributed by atoms with Crippen molar-refractivity contribution < 1.29 is 9.59 Å². The fourth-order valence-corrected chi connectivity index (χ4v) is 1.73. The van der Waals surface area contributed by atoms with Crippen LogP contribution in [0.25, 0.3) is 0 Å². The van der Waals surface area contributed by atoms with Gasteiger partial charge in [-0.25, -0.2) is 0 Å². The lowest BCUT2D eigenvalue weighted by molar-refractivity contribution is -0.135. The van der Waals surface area contributed by atoms with E-state index in [-0.39, 0.29) is 17.7 Å². The van der Waals surface area contributed by atoms with Crippen LogP contribution in [0.3, 0.4) is 0 Å². The van der Waals surface area contributed by atoms with Gasteiger partial charge in [-0.2, -0.15) is 0 Å². The summed E-state index contributed by atoms with van der Waals surface area (Å²) in [6.07, 6.45) is 2.26. The number of nitrogens with zero attached hydrogens (tertiary/aromatic N) is 1. The third-order valence-corrected chi connectivity index (χ3v) is 2.34. The van der Waals surface area contributed by atoms with Crippen molar-refractivity contribution in [2.45, 2.75) is 39.2 Å². The molecule has 3 heteroatoms. The number of likely N-dealkylation sites (tertiary alicyclic amines) is 1. The molecule has 1 aliphatic heterocycles. The van der Waals surface area contributed by atoms with Gasteiger partial charge in [-0.15, -0.1) is 0 Å². The van der Waals surface area contributed by atoms with E-state index in [9.17, 15) is 9.59 Å². The van der Waals surface area contributed by atoms with Crippen molar-refractivity contribution in [3.63, 3.8) is 0 Å². The molecule has 12 heavy (non-hydrogen) atoms. The molecule has 0 N–H and O–H groups in total. The number of rotatable bonds is 3. The number of Topliss-reactive ketones (excluding diaryl/α,β-unsaturated/α-hetero) is 1. The smallest absolute Gasteiger partial charge is 0.223 e. The molecule has 0 aliphatic carbocycles. The zero-order chi connectivity index (χ0) is 9.14. The Morgan fingerprint density at radius 3 is 2.67 bits per heavy atom. The maximum Gasteiger partial charge on any atom is 0.223 e. The monoisotopic (exact) mass is 169 g/mol. The first-order chi connectivity index (χ1) is 5.66. The van der Waals surface area contributed by atoms with Crippen molar-refractivity contribution in [3.8, 4) is 0 Å². The van der Waals surface area contributed by atoms with Crippen LogP contribution in [0.4, 0.5) is 0 Å². The van der Waals surface area contributed by atoms with Crippen LogP contribution in [0.2, 0.25) is 0 Å². The number of carbonyl (C=O) groups is 2. The Balaban J connectivity index is 2.65. The van der Waals surface area contributed by atoms with E-state index in [1.54, 1.807) is 11.8 Å². The van der Waals surface area contributed by atoms with Gasteiger partial charge >= 0.3 is 0 Å². The average Bonchev–Trinajstić information content (AvgIpc) is 2.38. The second-order valence-corrected chi connectivity index (χ2v) is 3.23. The largest absolute Gasteiger partial charge is 0.333 e. The maximum absolute atomic E-state index is 11.3. The second-order valence-electron chi connectivity index (χ2n) is 3.23. The van der Waals surface area contributed by atoms with Gasteiger partial charge in [0, 0.05) is 13.0 Å². The molecule has 1 heterocycles. The van der Waals surface area contributed by atoms with Crippen molar-refractivity contribution in [1.29, 1.82) is 0 Å². The highest BCUT2D eigenvalue weighted by Crippen LogP contribution is 2.15. The fourth-order valence-electron chi connectivity index (χ4n) is 1.73. The van der Waals surface area contributed by atoms with Gasteiger partial charge < -0.3 is 4.90 Å². The van der Waals surface area contributed by atoms with E-state index >= 15 is 0 Å². The molecule has 3 nitrogen and oxygen atoms in total. The average molecular weight is 169 g/mol. The van der Waals surface area contributed by atoms with Gasteiger partial charge in [0.1, 0.15) is 0 Å². The molecular weight excluding hydrogens is 154 g/mol. The van der Waals surface area contributed by atoms with Crippen molar-refractivity contribution >= 4 is 11.7 Å². The van der Waals surface area contributed by atoms with Gasteiger partial charge in [-0.3, -0.25) is 9.59 Å². The summed E-state index contributed by atoms with van der Waals surface area (Å²) in [5, 5.41) is 0. The standard InChI is InChI=1S/C9H15NO2/c1-3-8(7(2)11)10-6-4-5-9(10)12/h8H,3-6H2,1-2H3/t8-/m1/s1. The summed E-state index contributed by atoms with van der Waals surface area (Å²) in [6, 6.07) is -0.167. The van der Waals surface area contributed by atoms with E-state index in [2.05, 4.69) is 0 Å². The SMILES string of the molecule is CC[C@H](C(C)=O)N1CCCC1=O. The van der Waals surface area contributed by atoms with E-state index in [0.29, 0.717) is 6.42 Å². The van der Waals surface area contributed by atoms with Gasteiger partial charge in [0.25, 0.3) is 0 Å². The molecule has 1 aliphatic rings. The first kappa shape index (κ1) is 9.23. The van der Waals surface area contributed by atoms with Crippen LogP contribution < -0.4 is 0 Å². The summed E-state index contributed by atoms with van der Waals surface area (Å²) < 4.78 is 0. The molecule has 1 atom stereocenters. The second kappa shape index (κ2) is 3.70. The van der Waals surface area contributed by atoms with Gasteiger partial charge in [0.05, 0.1) is 6.04 Å². The molecule has 0 aromatic rings. The summed E-state index contributed by atoms with van der Waals surface area (Å²) in [4.78, 5) is 24.1. The lowest BCUT2D eigenvalue weighted by atomic mass is 10.1. The summed E-state index contributed by atoms with van der Waals surface area (Å²) >= 11 is 0. The highest BCUT2D eigenvalue weighted by atomic mass is 16.2. The fraction of sp³-hybridized carbons (Fsp3) is 0.778. The predicted octanol–water partition coefficient (Wildman–Crippen LogP) is 0.976. The maximum atomic E-state index is 11.3. The number of carbonyl (C=O) groups excluding carboxylic acids is 2. The van der Waals surface area contributed by atoms with E-state index in [1.165, 1.54) is 0 Å². The summed E-state index contributed by atoms with van der Waals surface area (Å²) in [5.41, 5.74) is 0. The Bertz CT molecular complexity index is 201. The van der Waals surface area contributed by atoms with Crippen LogP contribution in [-0.2, 0) is 9.59 Å². The molecule has 1 rings (SSSR count). The summed E-state index contributed by atoms with van der Waals surface area (Å²) in [6.45, 7) is 4.26. The minimum Gasteiger partial charge on any atom is -0.333 e. The molecule has 1 fully saturated rings. The van der Waals surface area contributed by atoms with Crippen molar-refractivity contribution in [2.75, 3.05) is 6.54 Å². The Hall–Kier alpha value is -0.860. The van der Waals surface area contributed by atoms with Crippen molar-refractivity contribution in [3.05, 3.63) is 0 Å². The molecule has 0 saturated carbocycles. The number of ketones is 1. The molecule has 1 saturated heterocycles. The Labute approximate surface area is 72.7 Å². The quantitative estimate of drug-likeness (QED) is 0.631. The predicted molar refractivity (Wildman–Crippen MR) is 45.7 cm³/mol. The molecular formula is C9H15NO2. The third kappa shape index (κ3) is 1.65. The zero-order valence-electron chi connectivity index (χ0n) is 7.67. The number of hydrogen-bond donors (Lipinski definition) is 0. The molecule has 0 spiro atoms. The van der Waals surface area contributed by atoms with Crippen LogP contribution in [0.1, 0.15) is 33.1 Å². The molecule has 0 bridgehead atoms. The lowest BCUT2D eigenvalue weighted by Gasteiger charge is -2.23. The van der Waals surface area contributed by atoms with E-state index < -0.39 is 0 Å². The molecule has 0 unspecified atom stereocenters. The Morgan fingerprint density at radius 2 is 2.33 bits per heavy atom. The molecule has 1 amide bonds. The minimum absolute atomic E-state index is 0.104. The zero-order valence-corrected chi connectivity index (χ0v) is 7.67. The molecule has 68 valence electrons. The van der Waals surface area contributed by atoms with E-state index in [4.69, 9.17) is 0 Å². The third-order valence-electron chi connectivity index (χ3n) is 2.34. The van der Waals surface area contributed by atoms with Gasteiger partial charge in [0.2, 0.25) is 5.91 Å². The van der Waals surface area contributed by atoms with E-state index in [0.717, 1.165) is 19.4 Å². The number of amides is 1. The summed E-state index contributed by atoms with van der Waals surface area (Å²) in [7, 11) is 0. The topological polar surface area (TPSA) is 37.4 Å². The highest BCUT2D eigenvalue weighted by molar-refractivity contribution is 5.88. The lowest BCUT2D eigenvalue weighted by Crippen LogP contribution is -2.40. The van der Waals surface area contributed by atoms with Crippen LogP contribution in [0.5, 0.6) is 0 Å². The first-order valence-electron chi connectivity index (χ1n) is 4.46. The van der Waals surface area contributed by atoms with Gasteiger partial charge in [0.15, 0.2) is 5.78 Å². The molecule has 0 radical (unpaired) electrons. The van der Waals surface area contributed by atoms with Gasteiger partial charge in [-0.05, 0) is 19.8 Å². The van der Waals surface area contributed by atoms with E-state index in [1.807, 2.05) is 6.92 Å². The molecule has 0 aromatic heterocycles. The minimum atomic E-state index is -0.167. The van der Waals surface area contributed by atoms with Crippen molar-refractivity contribution in [1.82, 2.24) is 4.90 Å². The Morgan fingerprint density at radius 1 is 1.67 bits per heavy atom. The van der Waals surface area contributed by atoms with Crippen LogP contribution in [0.15, 0.2) is 0 Å².